The van der Waals surface area contributed by atoms with Crippen LogP contribution in [-0.4, -0.2) is 49.3 Å². The molecule has 0 aliphatic heterocycles. The van der Waals surface area contributed by atoms with Crippen LogP contribution in [0.1, 0.15) is 168 Å². The Bertz CT molecular complexity index is 1130. The zero-order valence-corrected chi connectivity index (χ0v) is 35.5. The van der Waals surface area contributed by atoms with E-state index in [0.717, 1.165) is 77.0 Å². The van der Waals surface area contributed by atoms with Gasteiger partial charge >= 0.3 is 19.8 Å². The molecule has 0 rings (SSSR count). The van der Waals surface area contributed by atoms with Crippen LogP contribution in [0.25, 0.3) is 0 Å². The molecule has 0 amide bonds. The summed E-state index contributed by atoms with van der Waals surface area (Å²) < 4.78 is 32.7. The number of rotatable bonds is 39. The average Bonchev–Trinajstić information content (AvgIpc) is 3.17. The lowest BCUT2D eigenvalue weighted by Gasteiger charge is -2.19. The minimum atomic E-state index is -4.39. The summed E-state index contributed by atoms with van der Waals surface area (Å²) >= 11 is 0. The maximum Gasteiger partial charge on any atom is 0.472 e. The lowest BCUT2D eigenvalue weighted by Crippen LogP contribution is -2.29. The summed E-state index contributed by atoms with van der Waals surface area (Å²) in [5.41, 5.74) is 5.34. The number of ether oxygens (including phenoxy) is 2. The maximum absolute atomic E-state index is 12.6. The highest BCUT2D eigenvalue weighted by molar-refractivity contribution is 7.47. The second-order valence-corrected chi connectivity index (χ2v) is 15.3. The summed E-state index contributed by atoms with van der Waals surface area (Å²) in [4.78, 5) is 34.8. The Morgan fingerprint density at radius 2 is 0.945 bits per heavy atom. The van der Waals surface area contributed by atoms with Crippen molar-refractivity contribution < 1.29 is 37.6 Å². The van der Waals surface area contributed by atoms with Gasteiger partial charge in [-0.2, -0.15) is 0 Å². The van der Waals surface area contributed by atoms with Gasteiger partial charge in [0.25, 0.3) is 0 Å². The molecule has 1 unspecified atom stereocenters. The number of carbonyl (C=O) groups excluding carboxylic acids is 2. The van der Waals surface area contributed by atoms with Gasteiger partial charge in [0.1, 0.15) is 6.61 Å². The Kier molecular flexibility index (Phi) is 39.2. The summed E-state index contributed by atoms with van der Waals surface area (Å²) in [6, 6.07) is 0. The van der Waals surface area contributed by atoms with Crippen LogP contribution >= 0.6 is 7.82 Å². The predicted octanol–water partition coefficient (Wildman–Crippen LogP) is 12.3. The topological polar surface area (TPSA) is 134 Å². The molecule has 0 aromatic heterocycles. The van der Waals surface area contributed by atoms with E-state index in [1.165, 1.54) is 51.4 Å². The van der Waals surface area contributed by atoms with Crippen molar-refractivity contribution in [3.05, 3.63) is 72.9 Å². The quantitative estimate of drug-likeness (QED) is 0.0270. The number of carbonyl (C=O) groups is 2. The summed E-state index contributed by atoms with van der Waals surface area (Å²) in [6.45, 7) is 3.61. The number of allylic oxidation sites excluding steroid dienone is 12. The first-order chi connectivity index (χ1) is 26.8. The third-order valence-corrected chi connectivity index (χ3v) is 9.55. The standard InChI is InChI=1S/C45H78NO8P/c1-3-5-7-9-11-13-15-17-19-21-23-25-27-29-31-33-35-37-44(47)51-41-43(42-53-55(49,50)52-40-39-46)54-45(48)38-36-34-32-30-28-26-24-22-20-18-16-14-12-10-8-6-4-2/h11-14,17-20,23-26,43H,3-10,15-16,21-22,27-42,46H2,1-2H3,(H,49,50)/b13-11+,14-12+,19-17+,20-18+,25-23+,26-24+/t43-/m1/s1. The van der Waals surface area contributed by atoms with E-state index < -0.39 is 32.5 Å². The lowest BCUT2D eigenvalue weighted by atomic mass is 10.1. The van der Waals surface area contributed by atoms with Crippen molar-refractivity contribution in [2.45, 2.75) is 174 Å². The van der Waals surface area contributed by atoms with Gasteiger partial charge in [0.05, 0.1) is 13.2 Å². The normalized spacial score (nSPS) is 14.0. The molecule has 0 heterocycles. The molecule has 0 aliphatic carbocycles. The number of esters is 2. The van der Waals surface area contributed by atoms with Gasteiger partial charge in [-0.3, -0.25) is 18.6 Å². The molecule has 55 heavy (non-hydrogen) atoms. The van der Waals surface area contributed by atoms with Crippen LogP contribution in [0, 0.1) is 0 Å². The third-order valence-electron chi connectivity index (χ3n) is 8.56. The third kappa shape index (κ3) is 40.9. The molecule has 3 N–H and O–H groups in total. The number of phosphoric ester groups is 1. The van der Waals surface area contributed by atoms with Crippen LogP contribution in [0.3, 0.4) is 0 Å². The molecule has 0 radical (unpaired) electrons. The molecule has 2 atom stereocenters. The Morgan fingerprint density at radius 3 is 1.38 bits per heavy atom. The van der Waals surface area contributed by atoms with Crippen molar-refractivity contribution in [1.29, 1.82) is 0 Å². The fourth-order valence-corrected chi connectivity index (χ4v) is 6.12. The van der Waals surface area contributed by atoms with Gasteiger partial charge in [-0.05, 0) is 89.9 Å². The molecule has 10 heteroatoms. The predicted molar refractivity (Wildman–Crippen MR) is 229 cm³/mol. The lowest BCUT2D eigenvalue weighted by molar-refractivity contribution is -0.161. The zero-order chi connectivity index (χ0) is 40.3. The highest BCUT2D eigenvalue weighted by Gasteiger charge is 2.25. The Hall–Kier alpha value is -2.55. The van der Waals surface area contributed by atoms with Gasteiger partial charge in [0.2, 0.25) is 0 Å². The van der Waals surface area contributed by atoms with E-state index in [2.05, 4.69) is 86.8 Å². The summed E-state index contributed by atoms with van der Waals surface area (Å²) in [5.74, 6) is -0.885. The fourth-order valence-electron chi connectivity index (χ4n) is 5.35. The van der Waals surface area contributed by atoms with Crippen LogP contribution in [0.2, 0.25) is 0 Å². The van der Waals surface area contributed by atoms with Gasteiger partial charge in [-0.15, -0.1) is 0 Å². The summed E-state index contributed by atoms with van der Waals surface area (Å²) in [6.07, 6.45) is 49.2. The van der Waals surface area contributed by atoms with Crippen molar-refractivity contribution in [3.63, 3.8) is 0 Å². The second kappa shape index (κ2) is 41.1. The highest BCUT2D eigenvalue weighted by Crippen LogP contribution is 2.43. The van der Waals surface area contributed by atoms with Gasteiger partial charge in [-0.1, -0.05) is 138 Å². The first-order valence-corrected chi connectivity index (χ1v) is 22.9. The molecule has 9 nitrogen and oxygen atoms in total. The first kappa shape index (κ1) is 52.5. The van der Waals surface area contributed by atoms with Crippen LogP contribution < -0.4 is 5.73 Å². The maximum atomic E-state index is 12.6. The zero-order valence-electron chi connectivity index (χ0n) is 34.6. The number of nitrogens with two attached hydrogens (primary N) is 1. The van der Waals surface area contributed by atoms with Gasteiger partial charge in [0.15, 0.2) is 6.10 Å². The van der Waals surface area contributed by atoms with E-state index in [9.17, 15) is 19.0 Å². The van der Waals surface area contributed by atoms with Crippen LogP contribution in [-0.2, 0) is 32.7 Å². The van der Waals surface area contributed by atoms with Crippen molar-refractivity contribution in [2.24, 2.45) is 5.73 Å². The Balaban J connectivity index is 4.27. The molecule has 0 saturated heterocycles. The largest absolute Gasteiger partial charge is 0.472 e. The summed E-state index contributed by atoms with van der Waals surface area (Å²) in [7, 11) is -4.39. The first-order valence-electron chi connectivity index (χ1n) is 21.4. The molecule has 0 bridgehead atoms. The molecular formula is C45H78NO8P. The molecule has 0 aromatic carbocycles. The van der Waals surface area contributed by atoms with Gasteiger partial charge < -0.3 is 20.1 Å². The van der Waals surface area contributed by atoms with Crippen molar-refractivity contribution in [1.82, 2.24) is 0 Å². The smallest absolute Gasteiger partial charge is 0.462 e. The number of phosphoric acid groups is 1. The van der Waals surface area contributed by atoms with Gasteiger partial charge in [0, 0.05) is 19.4 Å². The Labute approximate surface area is 335 Å². The van der Waals surface area contributed by atoms with Gasteiger partial charge in [-0.25, -0.2) is 4.57 Å². The molecule has 0 saturated carbocycles. The van der Waals surface area contributed by atoms with Crippen LogP contribution in [0.15, 0.2) is 72.9 Å². The van der Waals surface area contributed by atoms with Crippen LogP contribution in [0.5, 0.6) is 0 Å². The summed E-state index contributed by atoms with van der Waals surface area (Å²) in [5, 5.41) is 0. The van der Waals surface area contributed by atoms with E-state index in [4.69, 9.17) is 24.3 Å². The number of unbranched alkanes of at least 4 members (excludes halogenated alkanes) is 14. The van der Waals surface area contributed by atoms with Crippen molar-refractivity contribution in [3.8, 4) is 0 Å². The number of hydrogen-bond acceptors (Lipinski definition) is 8. The molecule has 0 aliphatic rings. The molecule has 0 aromatic rings. The fraction of sp³-hybridized carbons (Fsp3) is 0.689. The van der Waals surface area contributed by atoms with E-state index in [1.807, 2.05) is 0 Å². The van der Waals surface area contributed by atoms with E-state index in [-0.39, 0.29) is 32.6 Å². The van der Waals surface area contributed by atoms with E-state index in [1.54, 1.807) is 0 Å². The minimum Gasteiger partial charge on any atom is -0.462 e. The highest BCUT2D eigenvalue weighted by atomic mass is 31.2. The Morgan fingerprint density at radius 1 is 0.545 bits per heavy atom. The monoisotopic (exact) mass is 792 g/mol. The van der Waals surface area contributed by atoms with Crippen LogP contribution in [0.4, 0.5) is 0 Å². The van der Waals surface area contributed by atoms with Crippen molar-refractivity contribution >= 4 is 19.8 Å². The molecule has 0 spiro atoms. The minimum absolute atomic E-state index is 0.0425. The van der Waals surface area contributed by atoms with Crippen molar-refractivity contribution in [2.75, 3.05) is 26.4 Å². The second-order valence-electron chi connectivity index (χ2n) is 13.8. The van der Waals surface area contributed by atoms with E-state index in [0.29, 0.717) is 12.8 Å². The average molecular weight is 792 g/mol. The number of hydrogen-bond donors (Lipinski definition) is 2. The van der Waals surface area contributed by atoms with E-state index >= 15 is 0 Å². The molecule has 0 fully saturated rings. The SMILES string of the molecule is CCCCC/C=C/C/C=C/C/C=C/CCCCCCC(=O)OC[C@H](COP(=O)(O)OCCN)OC(=O)CCCCCC/C=C/C/C=C/C/C=C/CCCCC. The molecule has 316 valence electrons. The molecular weight excluding hydrogens is 713 g/mol.